The zero-order valence-electron chi connectivity index (χ0n) is 24.5. The molecule has 3 heterocycles. The first-order chi connectivity index (χ1) is 20.4. The number of anilines is 1. The summed E-state index contributed by atoms with van der Waals surface area (Å²) in [6, 6.07) is 15.1. The molecular formula is C31H37N5O6. The van der Waals surface area contributed by atoms with Crippen LogP contribution < -0.4 is 23.8 Å². The number of nitrogens with zero attached hydrogens (tertiary/aromatic N) is 5. The highest BCUT2D eigenvalue weighted by atomic mass is 16.7. The standard InChI is InChI=1S/C31H37N5O6/c1-21(2)31(38)36(18-22-6-9-26-28(16-22)42-20-41-26)19-30(37)35-13-5-12-34(14-15-35)29-11-8-24(32-33-29)23-7-10-25(39-3)27(17-23)40-4/h6-11,16-17,21H,5,12-15,18-20H2,1-4H3. The van der Waals surface area contributed by atoms with E-state index in [4.69, 9.17) is 18.9 Å². The number of hydrogen-bond donors (Lipinski definition) is 0. The zero-order chi connectivity index (χ0) is 29.6. The summed E-state index contributed by atoms with van der Waals surface area (Å²) in [7, 11) is 3.20. The van der Waals surface area contributed by atoms with Crippen molar-refractivity contribution in [1.29, 1.82) is 0 Å². The lowest BCUT2D eigenvalue weighted by Crippen LogP contribution is -2.45. The van der Waals surface area contributed by atoms with E-state index in [0.29, 0.717) is 49.2 Å². The van der Waals surface area contributed by atoms with E-state index in [1.165, 1.54) is 0 Å². The van der Waals surface area contributed by atoms with Gasteiger partial charge in [0.25, 0.3) is 0 Å². The Kier molecular flexibility index (Phi) is 8.94. The van der Waals surface area contributed by atoms with Crippen molar-refractivity contribution in [3.8, 4) is 34.3 Å². The van der Waals surface area contributed by atoms with Gasteiger partial charge in [-0.1, -0.05) is 19.9 Å². The van der Waals surface area contributed by atoms with Crippen molar-refractivity contribution in [3.05, 3.63) is 54.1 Å². The van der Waals surface area contributed by atoms with E-state index in [2.05, 4.69) is 15.1 Å². The Hall–Kier alpha value is -4.54. The van der Waals surface area contributed by atoms with Crippen LogP contribution in [0.15, 0.2) is 48.5 Å². The number of ether oxygens (including phenoxy) is 4. The van der Waals surface area contributed by atoms with Crippen LogP contribution in [0.2, 0.25) is 0 Å². The Bertz CT molecular complexity index is 1410. The number of fused-ring (bicyclic) bond motifs is 1. The summed E-state index contributed by atoms with van der Waals surface area (Å²) in [6.45, 7) is 6.74. The van der Waals surface area contributed by atoms with E-state index in [9.17, 15) is 9.59 Å². The molecule has 3 aromatic rings. The van der Waals surface area contributed by atoms with Gasteiger partial charge < -0.3 is 33.6 Å². The van der Waals surface area contributed by atoms with Gasteiger partial charge in [0.1, 0.15) is 6.54 Å². The molecule has 42 heavy (non-hydrogen) atoms. The predicted molar refractivity (Wildman–Crippen MR) is 157 cm³/mol. The molecule has 0 radical (unpaired) electrons. The minimum absolute atomic E-state index is 0.0191. The number of carbonyl (C=O) groups is 2. The average molecular weight is 576 g/mol. The lowest BCUT2D eigenvalue weighted by molar-refractivity contribution is -0.142. The van der Waals surface area contributed by atoms with Crippen LogP contribution in [-0.2, 0) is 16.1 Å². The summed E-state index contributed by atoms with van der Waals surface area (Å²) in [4.78, 5) is 32.1. The monoisotopic (exact) mass is 575 g/mol. The van der Waals surface area contributed by atoms with Crippen LogP contribution >= 0.6 is 0 Å². The summed E-state index contributed by atoms with van der Waals surface area (Å²) in [5.41, 5.74) is 2.49. The molecule has 0 spiro atoms. The van der Waals surface area contributed by atoms with Gasteiger partial charge >= 0.3 is 0 Å². The molecule has 2 aromatic carbocycles. The number of rotatable bonds is 9. The fraction of sp³-hybridized carbons (Fsp3) is 0.419. The average Bonchev–Trinajstić information content (AvgIpc) is 3.34. The van der Waals surface area contributed by atoms with Crippen molar-refractivity contribution >= 4 is 17.6 Å². The molecule has 2 aliphatic heterocycles. The van der Waals surface area contributed by atoms with Crippen molar-refractivity contribution in [3.63, 3.8) is 0 Å². The zero-order valence-corrected chi connectivity index (χ0v) is 24.5. The van der Waals surface area contributed by atoms with Crippen LogP contribution in [0, 0.1) is 5.92 Å². The largest absolute Gasteiger partial charge is 0.493 e. The molecule has 0 atom stereocenters. The molecule has 2 amide bonds. The molecular weight excluding hydrogens is 538 g/mol. The van der Waals surface area contributed by atoms with Gasteiger partial charge in [-0.2, -0.15) is 0 Å². The number of hydrogen-bond acceptors (Lipinski definition) is 9. The van der Waals surface area contributed by atoms with Gasteiger partial charge in [0, 0.05) is 44.2 Å². The lowest BCUT2D eigenvalue weighted by Gasteiger charge is -2.28. The van der Waals surface area contributed by atoms with Crippen LogP contribution in [0.5, 0.6) is 23.0 Å². The maximum Gasteiger partial charge on any atom is 0.242 e. The highest BCUT2D eigenvalue weighted by molar-refractivity contribution is 5.85. The third-order valence-electron chi connectivity index (χ3n) is 7.44. The van der Waals surface area contributed by atoms with Gasteiger partial charge in [-0.3, -0.25) is 9.59 Å². The number of aromatic nitrogens is 2. The molecule has 0 saturated carbocycles. The van der Waals surface area contributed by atoms with E-state index in [0.717, 1.165) is 35.6 Å². The lowest BCUT2D eigenvalue weighted by atomic mass is 10.1. The quantitative estimate of drug-likeness (QED) is 0.378. The normalized spacial score (nSPS) is 14.5. The van der Waals surface area contributed by atoms with Gasteiger partial charge in [0.2, 0.25) is 18.6 Å². The minimum atomic E-state index is -0.230. The van der Waals surface area contributed by atoms with E-state index in [-0.39, 0.29) is 31.1 Å². The van der Waals surface area contributed by atoms with E-state index in [1.807, 2.05) is 67.3 Å². The summed E-state index contributed by atoms with van der Waals surface area (Å²) < 4.78 is 21.6. The summed E-state index contributed by atoms with van der Waals surface area (Å²) in [5, 5.41) is 8.93. The van der Waals surface area contributed by atoms with Crippen LogP contribution in [-0.4, -0.2) is 85.5 Å². The maximum atomic E-state index is 13.4. The molecule has 1 aromatic heterocycles. The maximum absolute atomic E-state index is 13.4. The molecule has 222 valence electrons. The topological polar surface area (TPSA) is 107 Å². The van der Waals surface area contributed by atoms with Gasteiger partial charge in [-0.25, -0.2) is 0 Å². The molecule has 5 rings (SSSR count). The first-order valence-corrected chi connectivity index (χ1v) is 14.1. The Morgan fingerprint density at radius 2 is 1.71 bits per heavy atom. The van der Waals surface area contributed by atoms with Crippen LogP contribution in [0.3, 0.4) is 0 Å². The predicted octanol–water partition coefficient (Wildman–Crippen LogP) is 3.61. The molecule has 11 heteroatoms. The first kappa shape index (κ1) is 29.0. The molecule has 0 unspecified atom stereocenters. The van der Waals surface area contributed by atoms with Gasteiger partial charge in [-0.15, -0.1) is 10.2 Å². The highest BCUT2D eigenvalue weighted by Crippen LogP contribution is 2.33. The first-order valence-electron chi connectivity index (χ1n) is 14.1. The SMILES string of the molecule is COc1ccc(-c2ccc(N3CCCN(C(=O)CN(Cc4ccc5c(c4)OCO5)C(=O)C(C)C)CC3)nn2)cc1OC. The van der Waals surface area contributed by atoms with Gasteiger partial charge in [0.15, 0.2) is 28.8 Å². The number of methoxy groups -OCH3 is 2. The van der Waals surface area contributed by atoms with E-state index in [1.54, 1.807) is 19.1 Å². The smallest absolute Gasteiger partial charge is 0.242 e. The third kappa shape index (κ3) is 6.50. The molecule has 2 aliphatic rings. The minimum Gasteiger partial charge on any atom is -0.493 e. The van der Waals surface area contributed by atoms with Crippen molar-refractivity contribution in [2.45, 2.75) is 26.8 Å². The molecule has 1 saturated heterocycles. The fourth-order valence-corrected chi connectivity index (χ4v) is 5.14. The van der Waals surface area contributed by atoms with E-state index < -0.39 is 0 Å². The summed E-state index contributed by atoms with van der Waals surface area (Å²) in [6.07, 6.45) is 0.783. The summed E-state index contributed by atoms with van der Waals surface area (Å²) >= 11 is 0. The third-order valence-corrected chi connectivity index (χ3v) is 7.44. The fourth-order valence-electron chi connectivity index (χ4n) is 5.14. The van der Waals surface area contributed by atoms with Gasteiger partial charge in [-0.05, 0) is 54.4 Å². The van der Waals surface area contributed by atoms with Crippen LogP contribution in [0.1, 0.15) is 25.8 Å². The number of carbonyl (C=O) groups excluding carboxylic acids is 2. The molecule has 1 fully saturated rings. The highest BCUT2D eigenvalue weighted by Gasteiger charge is 2.26. The Morgan fingerprint density at radius 1 is 0.905 bits per heavy atom. The van der Waals surface area contributed by atoms with Crippen LogP contribution in [0.25, 0.3) is 11.3 Å². The van der Waals surface area contributed by atoms with Crippen molar-refractivity contribution < 1.29 is 28.5 Å². The van der Waals surface area contributed by atoms with E-state index >= 15 is 0 Å². The Balaban J connectivity index is 1.21. The molecule has 11 nitrogen and oxygen atoms in total. The second kappa shape index (κ2) is 13.0. The van der Waals surface area contributed by atoms with Gasteiger partial charge in [0.05, 0.1) is 19.9 Å². The molecule has 0 N–H and O–H groups in total. The van der Waals surface area contributed by atoms with Crippen molar-refractivity contribution in [2.24, 2.45) is 5.92 Å². The van der Waals surface area contributed by atoms with Crippen molar-refractivity contribution in [2.75, 3.05) is 58.6 Å². The Morgan fingerprint density at radius 3 is 2.45 bits per heavy atom. The summed E-state index contributed by atoms with van der Waals surface area (Å²) in [5.74, 6) is 3.01. The second-order valence-electron chi connectivity index (χ2n) is 10.6. The van der Waals surface area contributed by atoms with Crippen LogP contribution in [0.4, 0.5) is 5.82 Å². The molecule has 0 aliphatic carbocycles. The second-order valence-corrected chi connectivity index (χ2v) is 10.6. The Labute approximate surface area is 245 Å². The molecule has 0 bridgehead atoms. The number of benzene rings is 2. The number of amides is 2. The van der Waals surface area contributed by atoms with Crippen molar-refractivity contribution in [1.82, 2.24) is 20.0 Å².